The van der Waals surface area contributed by atoms with Gasteiger partial charge in [-0.2, -0.15) is 0 Å². The third-order valence-corrected chi connectivity index (χ3v) is 6.23. The van der Waals surface area contributed by atoms with E-state index >= 15 is 0 Å². The minimum absolute atomic E-state index is 0.0256. The van der Waals surface area contributed by atoms with Crippen LogP contribution in [0.1, 0.15) is 42.5 Å². The van der Waals surface area contributed by atoms with E-state index in [-0.39, 0.29) is 17.7 Å². The van der Waals surface area contributed by atoms with Gasteiger partial charge in [-0.15, -0.1) is 0 Å². The minimum atomic E-state index is -0.0256. The Kier molecular flexibility index (Phi) is 6.13. The number of benzene rings is 1. The average molecular weight is 399 g/mol. The summed E-state index contributed by atoms with van der Waals surface area (Å²) >= 11 is 0. The number of carbonyl (C=O) groups excluding carboxylic acids is 3. The summed E-state index contributed by atoms with van der Waals surface area (Å²) in [6.45, 7) is 5.50. The summed E-state index contributed by atoms with van der Waals surface area (Å²) in [6.07, 6.45) is 4.81. The topological polar surface area (TPSA) is 64.2 Å². The third kappa shape index (κ3) is 4.45. The molecule has 3 saturated heterocycles. The van der Waals surface area contributed by atoms with Gasteiger partial charge in [-0.25, -0.2) is 0 Å². The molecule has 0 spiro atoms. The number of para-hydroxylation sites is 1. The second-order valence-corrected chi connectivity index (χ2v) is 8.18. The van der Waals surface area contributed by atoms with E-state index in [1.54, 1.807) is 4.90 Å². The second-order valence-electron chi connectivity index (χ2n) is 8.18. The van der Waals surface area contributed by atoms with E-state index in [0.29, 0.717) is 51.3 Å². The first-order valence-electron chi connectivity index (χ1n) is 10.8. The summed E-state index contributed by atoms with van der Waals surface area (Å²) in [5.74, 6) is 0.274. The lowest BCUT2D eigenvalue weighted by Crippen LogP contribution is -2.52. The van der Waals surface area contributed by atoms with Crippen molar-refractivity contribution in [1.82, 2.24) is 14.7 Å². The predicted molar refractivity (Wildman–Crippen MR) is 111 cm³/mol. The van der Waals surface area contributed by atoms with Crippen molar-refractivity contribution in [3.63, 3.8) is 0 Å². The highest BCUT2D eigenvalue weighted by atomic mass is 16.2. The molecule has 29 heavy (non-hydrogen) atoms. The molecule has 156 valence electrons. The summed E-state index contributed by atoms with van der Waals surface area (Å²) in [4.78, 5) is 45.5. The molecule has 0 N–H and O–H groups in total. The number of piperidine rings is 1. The molecule has 1 aromatic carbocycles. The van der Waals surface area contributed by atoms with Gasteiger partial charge in [0.15, 0.2) is 0 Å². The van der Waals surface area contributed by atoms with Crippen molar-refractivity contribution in [3.05, 3.63) is 29.8 Å². The van der Waals surface area contributed by atoms with Crippen LogP contribution < -0.4 is 4.90 Å². The quantitative estimate of drug-likeness (QED) is 0.773. The fourth-order valence-electron chi connectivity index (χ4n) is 4.51. The van der Waals surface area contributed by atoms with Crippen LogP contribution in [0.3, 0.4) is 0 Å². The molecule has 3 aliphatic rings. The van der Waals surface area contributed by atoms with Gasteiger partial charge in [0, 0.05) is 52.2 Å². The molecule has 3 fully saturated rings. The molecule has 3 heterocycles. The van der Waals surface area contributed by atoms with Crippen molar-refractivity contribution in [2.24, 2.45) is 0 Å². The monoisotopic (exact) mass is 398 g/mol. The molecule has 0 aromatic heterocycles. The van der Waals surface area contributed by atoms with Crippen LogP contribution in [0.2, 0.25) is 0 Å². The van der Waals surface area contributed by atoms with Crippen LogP contribution in [0.25, 0.3) is 0 Å². The first-order chi connectivity index (χ1) is 14.1. The summed E-state index contributed by atoms with van der Waals surface area (Å²) < 4.78 is 0. The Morgan fingerprint density at radius 2 is 1.52 bits per heavy atom. The number of rotatable bonds is 4. The van der Waals surface area contributed by atoms with E-state index in [4.69, 9.17) is 0 Å². The van der Waals surface area contributed by atoms with Crippen LogP contribution in [0, 0.1) is 0 Å². The Morgan fingerprint density at radius 1 is 0.793 bits per heavy atom. The Hall–Kier alpha value is -2.41. The lowest BCUT2D eigenvalue weighted by atomic mass is 10.1. The molecule has 3 amide bonds. The van der Waals surface area contributed by atoms with Gasteiger partial charge in [-0.1, -0.05) is 12.1 Å². The zero-order chi connectivity index (χ0) is 20.2. The number of anilines is 1. The van der Waals surface area contributed by atoms with E-state index < -0.39 is 0 Å². The Bertz CT molecular complexity index is 767. The molecule has 4 rings (SSSR count). The van der Waals surface area contributed by atoms with Gasteiger partial charge in [0.1, 0.15) is 0 Å². The van der Waals surface area contributed by atoms with Gasteiger partial charge >= 0.3 is 0 Å². The summed E-state index contributed by atoms with van der Waals surface area (Å²) in [5.41, 5.74) is 1.32. The maximum absolute atomic E-state index is 13.2. The van der Waals surface area contributed by atoms with Crippen molar-refractivity contribution in [2.45, 2.75) is 32.1 Å². The number of likely N-dealkylation sites (tertiary alicyclic amines) is 1. The van der Waals surface area contributed by atoms with Gasteiger partial charge in [0.25, 0.3) is 5.91 Å². The Balaban J connectivity index is 1.35. The summed E-state index contributed by atoms with van der Waals surface area (Å²) in [6, 6.07) is 7.41. The first-order valence-corrected chi connectivity index (χ1v) is 10.8. The number of nitrogens with zero attached hydrogens (tertiary/aromatic N) is 4. The number of amides is 3. The Labute approximate surface area is 172 Å². The second kappa shape index (κ2) is 8.95. The smallest absolute Gasteiger partial charge is 0.256 e. The standard InChI is InChI=1S/C22H30N4O3/c27-20-9-6-12-26(20)19-8-3-2-7-18(19)22(29)25-15-13-23(14-16-25)17-21(28)24-10-4-1-5-11-24/h2-3,7-8H,1,4-6,9-17H2. The third-order valence-electron chi connectivity index (χ3n) is 6.23. The van der Waals surface area contributed by atoms with Crippen LogP contribution in [-0.2, 0) is 9.59 Å². The van der Waals surface area contributed by atoms with E-state index in [1.165, 1.54) is 6.42 Å². The van der Waals surface area contributed by atoms with Gasteiger partial charge < -0.3 is 14.7 Å². The highest BCUT2D eigenvalue weighted by Crippen LogP contribution is 2.26. The van der Waals surface area contributed by atoms with E-state index in [1.807, 2.05) is 34.1 Å². The number of carbonyl (C=O) groups is 3. The van der Waals surface area contributed by atoms with Crippen LogP contribution in [-0.4, -0.2) is 84.8 Å². The zero-order valence-electron chi connectivity index (χ0n) is 17.0. The molecule has 0 aliphatic carbocycles. The molecule has 7 nitrogen and oxygen atoms in total. The van der Waals surface area contributed by atoms with Crippen LogP contribution >= 0.6 is 0 Å². The molecule has 1 aromatic rings. The molecule has 3 aliphatic heterocycles. The Morgan fingerprint density at radius 3 is 2.21 bits per heavy atom. The van der Waals surface area contributed by atoms with Crippen molar-refractivity contribution in [2.75, 3.05) is 57.3 Å². The minimum Gasteiger partial charge on any atom is -0.342 e. The van der Waals surface area contributed by atoms with Gasteiger partial charge in [-0.05, 0) is 37.8 Å². The van der Waals surface area contributed by atoms with Crippen molar-refractivity contribution < 1.29 is 14.4 Å². The van der Waals surface area contributed by atoms with Crippen molar-refractivity contribution in [1.29, 1.82) is 0 Å². The normalized spacial score (nSPS) is 21.0. The lowest BCUT2D eigenvalue weighted by molar-refractivity contribution is -0.133. The summed E-state index contributed by atoms with van der Waals surface area (Å²) in [7, 11) is 0. The SMILES string of the molecule is O=C(CN1CCN(C(=O)c2ccccc2N2CCCC2=O)CC1)N1CCCCC1. The maximum atomic E-state index is 13.2. The zero-order valence-corrected chi connectivity index (χ0v) is 17.0. The fourth-order valence-corrected chi connectivity index (χ4v) is 4.51. The first kappa shape index (κ1) is 19.9. The molecule has 0 saturated carbocycles. The molecular formula is C22H30N4O3. The molecule has 0 radical (unpaired) electrons. The van der Waals surface area contributed by atoms with Crippen molar-refractivity contribution >= 4 is 23.4 Å². The van der Waals surface area contributed by atoms with Crippen LogP contribution in [0.4, 0.5) is 5.69 Å². The average Bonchev–Trinajstić information content (AvgIpc) is 3.20. The molecule has 0 bridgehead atoms. The van der Waals surface area contributed by atoms with Crippen molar-refractivity contribution in [3.8, 4) is 0 Å². The summed E-state index contributed by atoms with van der Waals surface area (Å²) in [5, 5.41) is 0. The maximum Gasteiger partial charge on any atom is 0.256 e. The van der Waals surface area contributed by atoms with Crippen LogP contribution in [0.5, 0.6) is 0 Å². The van der Waals surface area contributed by atoms with E-state index in [2.05, 4.69) is 4.90 Å². The number of hydrogen-bond donors (Lipinski definition) is 0. The number of piperazine rings is 1. The highest BCUT2D eigenvalue weighted by molar-refractivity contribution is 6.05. The van der Waals surface area contributed by atoms with E-state index in [0.717, 1.165) is 38.0 Å². The molecule has 7 heteroatoms. The molecule has 0 atom stereocenters. The lowest BCUT2D eigenvalue weighted by Gasteiger charge is -2.36. The van der Waals surface area contributed by atoms with Gasteiger partial charge in [0.2, 0.25) is 11.8 Å². The van der Waals surface area contributed by atoms with Gasteiger partial charge in [0.05, 0.1) is 17.8 Å². The largest absolute Gasteiger partial charge is 0.342 e. The van der Waals surface area contributed by atoms with Gasteiger partial charge in [-0.3, -0.25) is 19.3 Å². The van der Waals surface area contributed by atoms with Crippen LogP contribution in [0.15, 0.2) is 24.3 Å². The molecule has 0 unspecified atom stereocenters. The number of hydrogen-bond acceptors (Lipinski definition) is 4. The highest BCUT2D eigenvalue weighted by Gasteiger charge is 2.29. The predicted octanol–water partition coefficient (Wildman–Crippen LogP) is 1.58. The van der Waals surface area contributed by atoms with E-state index in [9.17, 15) is 14.4 Å². The fraction of sp³-hybridized carbons (Fsp3) is 0.591. The molecular weight excluding hydrogens is 368 g/mol.